The molecule has 0 spiro atoms. The van der Waals surface area contributed by atoms with Crippen LogP contribution in [0.3, 0.4) is 0 Å². The van der Waals surface area contributed by atoms with Crippen LogP contribution in [-0.2, 0) is 16.1 Å². The van der Waals surface area contributed by atoms with Gasteiger partial charge in [0.15, 0.2) is 5.65 Å². The summed E-state index contributed by atoms with van der Waals surface area (Å²) < 4.78 is 40.3. The lowest BCUT2D eigenvalue weighted by molar-refractivity contribution is -0.134. The van der Waals surface area contributed by atoms with Crippen molar-refractivity contribution in [2.75, 3.05) is 44.8 Å². The van der Waals surface area contributed by atoms with E-state index >= 15 is 0 Å². The summed E-state index contributed by atoms with van der Waals surface area (Å²) >= 11 is 1.53. The van der Waals surface area contributed by atoms with Crippen LogP contribution < -0.4 is 10.1 Å². The van der Waals surface area contributed by atoms with Gasteiger partial charge in [-0.3, -0.25) is 19.2 Å². The van der Waals surface area contributed by atoms with Crippen molar-refractivity contribution in [3.63, 3.8) is 0 Å². The molecule has 2 amide bonds. The molecule has 1 aromatic carbocycles. The number of likely N-dealkylation sites (tertiary alicyclic amines) is 1. The molecule has 2 saturated heterocycles. The average Bonchev–Trinajstić information content (AvgIpc) is 3.69. The average molecular weight is 685 g/mol. The van der Waals surface area contributed by atoms with E-state index in [1.165, 1.54) is 39.4 Å². The third-order valence-electron chi connectivity index (χ3n) is 8.40. The van der Waals surface area contributed by atoms with Gasteiger partial charge in [0, 0.05) is 60.0 Å². The Morgan fingerprint density at radius 1 is 1.21 bits per heavy atom. The number of morpholine rings is 1. The number of carbonyl (C=O) groups excluding carboxylic acids is 2. The molecule has 2 N–H and O–H groups in total. The van der Waals surface area contributed by atoms with Crippen molar-refractivity contribution in [3.8, 4) is 17.0 Å². The SMILES string of the molecule is CC(C)Sc1ccc(OC(F)F)c(-c2nn(CC(=O)N3CCC(N4CCOCC4CO)CC3)cc2NC(=O)c2cnn3cccnc23)c1. The number of amides is 2. The summed E-state index contributed by atoms with van der Waals surface area (Å²) in [5.74, 6) is -0.818. The molecule has 2 aliphatic heterocycles. The quantitative estimate of drug-likeness (QED) is 0.225. The first-order chi connectivity index (χ1) is 23.2. The van der Waals surface area contributed by atoms with E-state index in [2.05, 4.69) is 25.4 Å². The number of aromatic nitrogens is 5. The van der Waals surface area contributed by atoms with Crippen molar-refractivity contribution in [3.05, 3.63) is 54.6 Å². The second-order valence-electron chi connectivity index (χ2n) is 12.0. The van der Waals surface area contributed by atoms with Crippen LogP contribution in [0, 0.1) is 0 Å². The van der Waals surface area contributed by atoms with Gasteiger partial charge < -0.3 is 24.8 Å². The Kier molecular flexibility index (Phi) is 10.5. The molecule has 0 aliphatic carbocycles. The summed E-state index contributed by atoms with van der Waals surface area (Å²) in [6, 6.07) is 6.72. The van der Waals surface area contributed by atoms with E-state index in [9.17, 15) is 23.5 Å². The Balaban J connectivity index is 1.27. The zero-order valence-electron chi connectivity index (χ0n) is 26.7. The number of nitrogens with one attached hydrogen (secondary N) is 1. The third-order valence-corrected chi connectivity index (χ3v) is 9.39. The van der Waals surface area contributed by atoms with E-state index in [4.69, 9.17) is 9.47 Å². The van der Waals surface area contributed by atoms with E-state index in [1.807, 2.05) is 13.8 Å². The summed E-state index contributed by atoms with van der Waals surface area (Å²) in [5.41, 5.74) is 1.15. The van der Waals surface area contributed by atoms with Gasteiger partial charge in [0.2, 0.25) is 5.91 Å². The molecule has 5 heterocycles. The fourth-order valence-corrected chi connectivity index (χ4v) is 7.08. The second kappa shape index (κ2) is 15.0. The lowest BCUT2D eigenvalue weighted by atomic mass is 10.0. The molecule has 13 nitrogen and oxygen atoms in total. The first-order valence-electron chi connectivity index (χ1n) is 15.8. The molecule has 256 valence electrons. The number of halogens is 2. The van der Waals surface area contributed by atoms with Gasteiger partial charge in [-0.15, -0.1) is 11.8 Å². The van der Waals surface area contributed by atoms with Crippen molar-refractivity contribution < 1.29 is 33.0 Å². The van der Waals surface area contributed by atoms with Crippen LogP contribution in [0.4, 0.5) is 14.5 Å². The van der Waals surface area contributed by atoms with Gasteiger partial charge in [-0.2, -0.15) is 19.0 Å². The fourth-order valence-electron chi connectivity index (χ4n) is 6.20. The van der Waals surface area contributed by atoms with E-state index in [1.54, 1.807) is 35.5 Å². The summed E-state index contributed by atoms with van der Waals surface area (Å²) in [5, 5.41) is 21.7. The number of hydrogen-bond donors (Lipinski definition) is 2. The van der Waals surface area contributed by atoms with Gasteiger partial charge in [-0.05, 0) is 37.1 Å². The highest BCUT2D eigenvalue weighted by molar-refractivity contribution is 7.99. The number of benzene rings is 1. The molecule has 1 unspecified atom stereocenters. The third kappa shape index (κ3) is 7.61. The molecule has 16 heteroatoms. The maximum Gasteiger partial charge on any atom is 0.387 e. The minimum Gasteiger partial charge on any atom is -0.434 e. The summed E-state index contributed by atoms with van der Waals surface area (Å²) in [6.45, 7) is 3.77. The summed E-state index contributed by atoms with van der Waals surface area (Å²) in [4.78, 5) is 36.2. The number of ether oxygens (including phenoxy) is 2. The van der Waals surface area contributed by atoms with Crippen LogP contribution in [0.25, 0.3) is 16.9 Å². The maximum atomic E-state index is 13.5. The predicted molar refractivity (Wildman–Crippen MR) is 174 cm³/mol. The second-order valence-corrected chi connectivity index (χ2v) is 13.6. The number of piperidine rings is 1. The van der Waals surface area contributed by atoms with Gasteiger partial charge in [-0.1, -0.05) is 13.8 Å². The van der Waals surface area contributed by atoms with Crippen LogP contribution in [0.5, 0.6) is 5.75 Å². The molecule has 3 aromatic heterocycles. The Labute approximate surface area is 280 Å². The van der Waals surface area contributed by atoms with Crippen molar-refractivity contribution >= 4 is 34.9 Å². The highest BCUT2D eigenvalue weighted by Gasteiger charge is 2.33. The Morgan fingerprint density at radius 2 is 2.02 bits per heavy atom. The van der Waals surface area contributed by atoms with Gasteiger partial charge in [0.1, 0.15) is 23.6 Å². The zero-order valence-corrected chi connectivity index (χ0v) is 27.5. The number of fused-ring (bicyclic) bond motifs is 1. The number of anilines is 1. The van der Waals surface area contributed by atoms with Crippen LogP contribution >= 0.6 is 11.8 Å². The van der Waals surface area contributed by atoms with Crippen LogP contribution in [0.1, 0.15) is 37.0 Å². The molecule has 2 aliphatic rings. The topological polar surface area (TPSA) is 139 Å². The summed E-state index contributed by atoms with van der Waals surface area (Å²) in [7, 11) is 0. The predicted octanol–water partition coefficient (Wildman–Crippen LogP) is 3.63. The van der Waals surface area contributed by atoms with E-state index in [-0.39, 0.29) is 64.7 Å². The number of aliphatic hydroxyl groups is 1. The number of thioether (sulfide) groups is 1. The largest absolute Gasteiger partial charge is 0.434 e. The maximum absolute atomic E-state index is 13.5. The molecule has 6 rings (SSSR count). The molecular weight excluding hydrogens is 646 g/mol. The lowest BCUT2D eigenvalue weighted by Gasteiger charge is -2.43. The highest BCUT2D eigenvalue weighted by atomic mass is 32.2. The number of nitrogens with zero attached hydrogens (tertiary/aromatic N) is 7. The molecular formula is C32H38F2N8O5S. The minimum absolute atomic E-state index is 0.0245. The van der Waals surface area contributed by atoms with Gasteiger partial charge >= 0.3 is 6.61 Å². The molecule has 0 radical (unpaired) electrons. The van der Waals surface area contributed by atoms with Crippen molar-refractivity contribution in [2.45, 2.75) is 62.1 Å². The molecule has 4 aromatic rings. The highest BCUT2D eigenvalue weighted by Crippen LogP contribution is 2.39. The molecule has 1 atom stereocenters. The van der Waals surface area contributed by atoms with Crippen LogP contribution in [-0.4, -0.2) is 114 Å². The summed E-state index contributed by atoms with van der Waals surface area (Å²) in [6.07, 6.45) is 7.63. The van der Waals surface area contributed by atoms with Crippen molar-refractivity contribution in [1.29, 1.82) is 0 Å². The monoisotopic (exact) mass is 684 g/mol. The smallest absolute Gasteiger partial charge is 0.387 e. The molecule has 2 fully saturated rings. The number of aliphatic hydroxyl groups excluding tert-OH is 1. The number of alkyl halides is 2. The van der Waals surface area contributed by atoms with E-state index in [0.29, 0.717) is 32.0 Å². The molecule has 0 bridgehead atoms. The lowest BCUT2D eigenvalue weighted by Crippen LogP contribution is -2.55. The minimum atomic E-state index is -3.09. The number of hydrogen-bond acceptors (Lipinski definition) is 10. The Morgan fingerprint density at radius 3 is 2.77 bits per heavy atom. The van der Waals surface area contributed by atoms with Crippen LogP contribution in [0.15, 0.2) is 53.9 Å². The fraction of sp³-hybridized carbons (Fsp3) is 0.469. The van der Waals surface area contributed by atoms with Gasteiger partial charge in [0.25, 0.3) is 5.91 Å². The molecule has 48 heavy (non-hydrogen) atoms. The number of rotatable bonds is 11. The molecule has 0 saturated carbocycles. The van der Waals surface area contributed by atoms with Crippen molar-refractivity contribution in [2.24, 2.45) is 0 Å². The van der Waals surface area contributed by atoms with Gasteiger partial charge in [0.05, 0.1) is 37.7 Å². The first kappa shape index (κ1) is 33.8. The zero-order chi connectivity index (χ0) is 33.8. The van der Waals surface area contributed by atoms with Gasteiger partial charge in [-0.25, -0.2) is 9.50 Å². The van der Waals surface area contributed by atoms with E-state index < -0.39 is 12.5 Å². The first-order valence-corrected chi connectivity index (χ1v) is 16.7. The number of carbonyl (C=O) groups is 2. The normalized spacial score (nSPS) is 17.8. The standard InChI is InChI=1S/C32H38F2N8O5S/c1-20(2)48-23-4-5-27(47-32(33)34)24(14-23)29-26(37-31(45)25-15-36-42-9-3-8-35-30(25)42)16-40(38-29)17-28(44)39-10-6-21(7-11-39)41-12-13-46-19-22(41)18-43/h3-5,8-9,14-16,20-22,32,43H,6-7,10-13,17-19H2,1-2H3,(H,37,45). The Hall–Kier alpha value is -4.12. The van der Waals surface area contributed by atoms with E-state index in [0.717, 1.165) is 24.3 Å². The van der Waals surface area contributed by atoms with Crippen LogP contribution in [0.2, 0.25) is 0 Å². The van der Waals surface area contributed by atoms with Crippen molar-refractivity contribution in [1.82, 2.24) is 34.2 Å². The Bertz CT molecular complexity index is 1740.